The van der Waals surface area contributed by atoms with Crippen LogP contribution >= 0.6 is 0 Å². The minimum Gasteiger partial charge on any atom is -0.399 e. The van der Waals surface area contributed by atoms with E-state index >= 15 is 0 Å². The van der Waals surface area contributed by atoms with Gasteiger partial charge in [-0.25, -0.2) is 4.98 Å². The lowest BCUT2D eigenvalue weighted by atomic mass is 10.1. The van der Waals surface area contributed by atoms with Gasteiger partial charge in [-0.15, -0.1) is 0 Å². The van der Waals surface area contributed by atoms with E-state index in [1.165, 1.54) is 24.2 Å². The SMILES string of the molecule is Nc1ccc2c(c1)nc(C1CC1)n2CC1CCCC1O. The van der Waals surface area contributed by atoms with Crippen LogP contribution < -0.4 is 5.73 Å². The van der Waals surface area contributed by atoms with Crippen molar-refractivity contribution in [3.8, 4) is 0 Å². The molecule has 0 amide bonds. The highest BCUT2D eigenvalue weighted by atomic mass is 16.3. The third-order valence-electron chi connectivity index (χ3n) is 4.78. The van der Waals surface area contributed by atoms with E-state index in [1.807, 2.05) is 12.1 Å². The summed E-state index contributed by atoms with van der Waals surface area (Å²) < 4.78 is 2.34. The van der Waals surface area contributed by atoms with Gasteiger partial charge in [0.2, 0.25) is 0 Å². The number of anilines is 1. The average molecular weight is 271 g/mol. The largest absolute Gasteiger partial charge is 0.399 e. The fourth-order valence-electron chi connectivity index (χ4n) is 3.48. The molecular formula is C16H21N3O. The van der Waals surface area contributed by atoms with Gasteiger partial charge in [-0.2, -0.15) is 0 Å². The molecule has 4 rings (SSSR count). The Morgan fingerprint density at radius 1 is 1.25 bits per heavy atom. The molecule has 2 unspecified atom stereocenters. The molecule has 3 N–H and O–H groups in total. The number of nitrogens with zero attached hydrogens (tertiary/aromatic N) is 2. The van der Waals surface area contributed by atoms with E-state index in [1.54, 1.807) is 0 Å². The number of aliphatic hydroxyl groups is 1. The van der Waals surface area contributed by atoms with Gasteiger partial charge in [0, 0.05) is 24.1 Å². The highest BCUT2D eigenvalue weighted by molar-refractivity contribution is 5.79. The second-order valence-corrected chi connectivity index (χ2v) is 6.36. The Labute approximate surface area is 118 Å². The van der Waals surface area contributed by atoms with Gasteiger partial charge in [-0.1, -0.05) is 6.42 Å². The summed E-state index contributed by atoms with van der Waals surface area (Å²) in [5, 5.41) is 10.1. The molecule has 20 heavy (non-hydrogen) atoms. The molecule has 0 spiro atoms. The molecule has 1 heterocycles. The summed E-state index contributed by atoms with van der Waals surface area (Å²) in [6, 6.07) is 5.98. The number of fused-ring (bicyclic) bond motifs is 1. The molecule has 4 heteroatoms. The summed E-state index contributed by atoms with van der Waals surface area (Å²) in [7, 11) is 0. The number of hydrogen-bond donors (Lipinski definition) is 2. The lowest BCUT2D eigenvalue weighted by Gasteiger charge is -2.17. The Hall–Kier alpha value is -1.55. The number of nitrogens with two attached hydrogens (primary N) is 1. The van der Waals surface area contributed by atoms with Crippen LogP contribution in [0.25, 0.3) is 11.0 Å². The van der Waals surface area contributed by atoms with Gasteiger partial charge in [0.1, 0.15) is 5.82 Å². The molecule has 2 aliphatic carbocycles. The molecule has 1 aromatic carbocycles. The number of nitrogen functional groups attached to an aromatic ring is 1. The van der Waals surface area contributed by atoms with Crippen LogP contribution in [0.4, 0.5) is 5.69 Å². The highest BCUT2D eigenvalue weighted by Crippen LogP contribution is 2.41. The first-order valence-corrected chi connectivity index (χ1v) is 7.66. The van der Waals surface area contributed by atoms with Gasteiger partial charge in [-0.3, -0.25) is 0 Å². The summed E-state index contributed by atoms with van der Waals surface area (Å²) in [5.74, 6) is 2.19. The predicted molar refractivity (Wildman–Crippen MR) is 79.5 cm³/mol. The van der Waals surface area contributed by atoms with E-state index < -0.39 is 0 Å². The van der Waals surface area contributed by atoms with Crippen molar-refractivity contribution in [3.05, 3.63) is 24.0 Å². The number of imidazole rings is 1. The zero-order valence-corrected chi connectivity index (χ0v) is 11.6. The molecule has 0 saturated heterocycles. The molecule has 2 aromatic rings. The molecule has 0 radical (unpaired) electrons. The maximum absolute atomic E-state index is 10.1. The minimum absolute atomic E-state index is 0.145. The van der Waals surface area contributed by atoms with Crippen LogP contribution in [0.2, 0.25) is 0 Å². The maximum Gasteiger partial charge on any atom is 0.113 e. The fourth-order valence-corrected chi connectivity index (χ4v) is 3.48. The smallest absolute Gasteiger partial charge is 0.113 e. The van der Waals surface area contributed by atoms with Gasteiger partial charge in [0.15, 0.2) is 0 Å². The first kappa shape index (κ1) is 12.2. The summed E-state index contributed by atoms with van der Waals surface area (Å²) in [6.45, 7) is 0.896. The Kier molecular flexibility index (Phi) is 2.74. The van der Waals surface area contributed by atoms with Gasteiger partial charge in [-0.05, 0) is 43.9 Å². The van der Waals surface area contributed by atoms with Crippen molar-refractivity contribution in [2.75, 3.05) is 5.73 Å². The minimum atomic E-state index is -0.145. The molecule has 2 atom stereocenters. The molecular weight excluding hydrogens is 250 g/mol. The zero-order valence-electron chi connectivity index (χ0n) is 11.6. The molecule has 2 saturated carbocycles. The Balaban J connectivity index is 1.77. The van der Waals surface area contributed by atoms with Crippen LogP contribution in [-0.4, -0.2) is 20.8 Å². The Morgan fingerprint density at radius 2 is 2.10 bits per heavy atom. The summed E-state index contributed by atoms with van der Waals surface area (Å²) in [4.78, 5) is 4.80. The van der Waals surface area contributed by atoms with Gasteiger partial charge in [0.25, 0.3) is 0 Å². The lowest BCUT2D eigenvalue weighted by molar-refractivity contribution is 0.123. The van der Waals surface area contributed by atoms with E-state index in [4.69, 9.17) is 10.7 Å². The van der Waals surface area contributed by atoms with Crippen LogP contribution in [0.1, 0.15) is 43.8 Å². The standard InChI is InChI=1S/C16H21N3O/c17-12-6-7-14-13(8-12)18-16(10-4-5-10)19(14)9-11-2-1-3-15(11)20/h6-8,10-11,15,20H,1-5,9,17H2. The van der Waals surface area contributed by atoms with E-state index in [2.05, 4.69) is 10.6 Å². The van der Waals surface area contributed by atoms with E-state index in [0.29, 0.717) is 11.8 Å². The van der Waals surface area contributed by atoms with Crippen molar-refractivity contribution < 1.29 is 5.11 Å². The second kappa shape index (κ2) is 4.48. The summed E-state index contributed by atoms with van der Waals surface area (Å²) in [6.07, 6.45) is 5.55. The van der Waals surface area contributed by atoms with Gasteiger partial charge >= 0.3 is 0 Å². The Morgan fingerprint density at radius 3 is 2.80 bits per heavy atom. The van der Waals surface area contributed by atoms with Gasteiger partial charge < -0.3 is 15.4 Å². The predicted octanol–water partition coefficient (Wildman–Crippen LogP) is 2.66. The van der Waals surface area contributed by atoms with E-state index in [0.717, 1.165) is 37.0 Å². The monoisotopic (exact) mass is 271 g/mol. The normalized spacial score (nSPS) is 26.4. The summed E-state index contributed by atoms with van der Waals surface area (Å²) >= 11 is 0. The number of hydrogen-bond acceptors (Lipinski definition) is 3. The Bertz CT molecular complexity index is 644. The van der Waals surface area contributed by atoms with Crippen molar-refractivity contribution in [2.45, 2.75) is 50.7 Å². The topological polar surface area (TPSA) is 64.1 Å². The van der Waals surface area contributed by atoms with Crippen LogP contribution in [0.3, 0.4) is 0 Å². The third-order valence-corrected chi connectivity index (χ3v) is 4.78. The van der Waals surface area contributed by atoms with Crippen molar-refractivity contribution >= 4 is 16.7 Å². The lowest BCUT2D eigenvalue weighted by Crippen LogP contribution is -2.20. The zero-order chi connectivity index (χ0) is 13.7. The number of aliphatic hydroxyl groups excluding tert-OH is 1. The van der Waals surface area contributed by atoms with Crippen molar-refractivity contribution in [1.82, 2.24) is 9.55 Å². The number of rotatable bonds is 3. The maximum atomic E-state index is 10.1. The van der Waals surface area contributed by atoms with Crippen molar-refractivity contribution in [1.29, 1.82) is 0 Å². The van der Waals surface area contributed by atoms with Crippen molar-refractivity contribution in [2.24, 2.45) is 5.92 Å². The van der Waals surface area contributed by atoms with Crippen molar-refractivity contribution in [3.63, 3.8) is 0 Å². The summed E-state index contributed by atoms with van der Waals surface area (Å²) in [5.41, 5.74) is 8.81. The molecule has 0 aliphatic heterocycles. The molecule has 4 nitrogen and oxygen atoms in total. The molecule has 2 fully saturated rings. The average Bonchev–Trinajstić information content (AvgIpc) is 3.11. The fraction of sp³-hybridized carbons (Fsp3) is 0.562. The van der Waals surface area contributed by atoms with Crippen LogP contribution in [-0.2, 0) is 6.54 Å². The van der Waals surface area contributed by atoms with Crippen LogP contribution in [0, 0.1) is 5.92 Å². The third kappa shape index (κ3) is 1.99. The van der Waals surface area contributed by atoms with Crippen LogP contribution in [0.15, 0.2) is 18.2 Å². The number of aromatic nitrogens is 2. The van der Waals surface area contributed by atoms with Gasteiger partial charge in [0.05, 0.1) is 17.1 Å². The molecule has 2 aliphatic rings. The van der Waals surface area contributed by atoms with E-state index in [-0.39, 0.29) is 6.10 Å². The second-order valence-electron chi connectivity index (χ2n) is 6.36. The first-order chi connectivity index (χ1) is 9.72. The molecule has 106 valence electrons. The quantitative estimate of drug-likeness (QED) is 0.844. The molecule has 0 bridgehead atoms. The van der Waals surface area contributed by atoms with Crippen LogP contribution in [0.5, 0.6) is 0 Å². The van der Waals surface area contributed by atoms with E-state index in [9.17, 15) is 5.11 Å². The number of benzene rings is 1. The first-order valence-electron chi connectivity index (χ1n) is 7.66. The highest BCUT2D eigenvalue weighted by Gasteiger charge is 2.32. The molecule has 1 aromatic heterocycles.